The number of amides is 1. The molecule has 6 heteroatoms. The predicted molar refractivity (Wildman–Crippen MR) is 94.5 cm³/mol. The zero-order valence-corrected chi connectivity index (χ0v) is 13.9. The molecule has 0 spiro atoms. The third-order valence-corrected chi connectivity index (χ3v) is 4.22. The van der Waals surface area contributed by atoms with Gasteiger partial charge in [0.1, 0.15) is 5.82 Å². The van der Waals surface area contributed by atoms with Crippen LogP contribution in [0.25, 0.3) is 11.1 Å². The maximum atomic E-state index is 12.8. The standard InChI is InChI=1S/C18H19N5O/c1-5-20-17(19)23-15-8-12(13-9-21-11(2)22-10-13)6-7-14(15)18(3,4)16(23)24/h5-10H,1H2,2-4H3,(H2,19,20). The lowest BCUT2D eigenvalue weighted by Crippen LogP contribution is -2.44. The molecule has 2 N–H and O–H groups in total. The van der Waals surface area contributed by atoms with E-state index in [9.17, 15) is 4.79 Å². The number of aliphatic imine (C=N–C) groups is 1. The Morgan fingerprint density at radius 3 is 2.58 bits per heavy atom. The van der Waals surface area contributed by atoms with Crippen LogP contribution in [0.2, 0.25) is 0 Å². The molecule has 0 bridgehead atoms. The fourth-order valence-corrected chi connectivity index (χ4v) is 2.85. The van der Waals surface area contributed by atoms with E-state index < -0.39 is 5.41 Å². The molecule has 2 aromatic rings. The molecule has 0 atom stereocenters. The molecule has 1 amide bonds. The van der Waals surface area contributed by atoms with E-state index in [4.69, 9.17) is 5.73 Å². The topological polar surface area (TPSA) is 84.5 Å². The van der Waals surface area contributed by atoms with Crippen molar-refractivity contribution in [2.75, 3.05) is 4.90 Å². The Bertz CT molecular complexity index is 852. The first-order valence-electron chi connectivity index (χ1n) is 7.58. The number of carbonyl (C=O) groups is 1. The van der Waals surface area contributed by atoms with Gasteiger partial charge in [0, 0.05) is 24.2 Å². The van der Waals surface area contributed by atoms with Gasteiger partial charge in [-0.05, 0) is 38.0 Å². The molecule has 122 valence electrons. The number of aromatic nitrogens is 2. The van der Waals surface area contributed by atoms with E-state index in [1.807, 2.05) is 39.0 Å². The molecule has 0 aliphatic carbocycles. The normalized spacial score (nSPS) is 16.2. The fraction of sp³-hybridized carbons (Fsp3) is 0.222. The molecular weight excluding hydrogens is 302 g/mol. The van der Waals surface area contributed by atoms with Crippen LogP contribution in [-0.2, 0) is 10.2 Å². The molecule has 0 radical (unpaired) electrons. The van der Waals surface area contributed by atoms with Crippen molar-refractivity contribution in [3.63, 3.8) is 0 Å². The third kappa shape index (κ3) is 2.36. The summed E-state index contributed by atoms with van der Waals surface area (Å²) < 4.78 is 0. The molecule has 0 unspecified atom stereocenters. The van der Waals surface area contributed by atoms with Crippen LogP contribution in [0.1, 0.15) is 25.2 Å². The van der Waals surface area contributed by atoms with Crippen molar-refractivity contribution in [3.8, 4) is 11.1 Å². The number of fused-ring (bicyclic) bond motifs is 1. The lowest BCUT2D eigenvalue weighted by Gasteiger charge is -2.19. The minimum Gasteiger partial charge on any atom is -0.369 e. The van der Waals surface area contributed by atoms with Gasteiger partial charge in [-0.2, -0.15) is 0 Å². The first-order chi connectivity index (χ1) is 11.4. The highest BCUT2D eigenvalue weighted by Crippen LogP contribution is 2.43. The van der Waals surface area contributed by atoms with Crippen molar-refractivity contribution < 1.29 is 4.79 Å². The summed E-state index contributed by atoms with van der Waals surface area (Å²) >= 11 is 0. The molecule has 6 nitrogen and oxygen atoms in total. The van der Waals surface area contributed by atoms with Crippen molar-refractivity contribution >= 4 is 17.6 Å². The summed E-state index contributed by atoms with van der Waals surface area (Å²) in [4.78, 5) is 26.7. The number of hydrogen-bond acceptors (Lipinski definition) is 4. The van der Waals surface area contributed by atoms with E-state index in [-0.39, 0.29) is 11.9 Å². The molecule has 1 aliphatic rings. The maximum absolute atomic E-state index is 12.8. The van der Waals surface area contributed by atoms with Crippen molar-refractivity contribution in [1.82, 2.24) is 9.97 Å². The van der Waals surface area contributed by atoms with Crippen LogP contribution in [0.5, 0.6) is 0 Å². The molecular formula is C18H19N5O. The Hall–Kier alpha value is -3.02. The smallest absolute Gasteiger partial charge is 0.244 e. The van der Waals surface area contributed by atoms with Crippen molar-refractivity contribution in [3.05, 3.63) is 54.8 Å². The van der Waals surface area contributed by atoms with E-state index in [0.717, 1.165) is 22.4 Å². The quantitative estimate of drug-likeness (QED) is 0.680. The Kier molecular flexibility index (Phi) is 3.67. The summed E-state index contributed by atoms with van der Waals surface area (Å²) in [7, 11) is 0. The first-order valence-corrected chi connectivity index (χ1v) is 7.58. The molecule has 0 fully saturated rings. The van der Waals surface area contributed by atoms with Gasteiger partial charge in [0.25, 0.3) is 0 Å². The molecule has 1 aromatic carbocycles. The van der Waals surface area contributed by atoms with Gasteiger partial charge in [-0.25, -0.2) is 19.9 Å². The number of anilines is 1. The average Bonchev–Trinajstić information content (AvgIpc) is 2.75. The number of hydrogen-bond donors (Lipinski definition) is 1. The zero-order chi connectivity index (χ0) is 17.5. The maximum Gasteiger partial charge on any atom is 0.244 e. The summed E-state index contributed by atoms with van der Waals surface area (Å²) in [6.07, 6.45) is 4.85. The second-order valence-electron chi connectivity index (χ2n) is 6.19. The largest absolute Gasteiger partial charge is 0.369 e. The number of nitrogens with zero attached hydrogens (tertiary/aromatic N) is 4. The van der Waals surface area contributed by atoms with Crippen molar-refractivity contribution in [1.29, 1.82) is 0 Å². The van der Waals surface area contributed by atoms with Gasteiger partial charge in [0.2, 0.25) is 11.9 Å². The minimum absolute atomic E-state index is 0.110. The fourth-order valence-electron chi connectivity index (χ4n) is 2.85. The van der Waals surface area contributed by atoms with Crippen LogP contribution >= 0.6 is 0 Å². The second-order valence-corrected chi connectivity index (χ2v) is 6.19. The monoisotopic (exact) mass is 321 g/mol. The summed E-state index contributed by atoms with van der Waals surface area (Å²) in [6, 6.07) is 5.83. The molecule has 24 heavy (non-hydrogen) atoms. The predicted octanol–water partition coefficient (Wildman–Crippen LogP) is 2.53. The Morgan fingerprint density at radius 1 is 1.29 bits per heavy atom. The van der Waals surface area contributed by atoms with E-state index in [2.05, 4.69) is 21.5 Å². The number of carbonyl (C=O) groups excluding carboxylic acids is 1. The van der Waals surface area contributed by atoms with Crippen molar-refractivity contribution in [2.45, 2.75) is 26.2 Å². The Balaban J connectivity index is 2.16. The molecule has 2 heterocycles. The Labute approximate surface area is 140 Å². The van der Waals surface area contributed by atoms with E-state index in [1.165, 1.54) is 11.1 Å². The highest BCUT2D eigenvalue weighted by atomic mass is 16.2. The number of guanidine groups is 1. The van der Waals surface area contributed by atoms with Crippen LogP contribution in [0.4, 0.5) is 5.69 Å². The van der Waals surface area contributed by atoms with E-state index in [1.54, 1.807) is 12.4 Å². The summed E-state index contributed by atoms with van der Waals surface area (Å²) in [5.41, 5.74) is 8.74. The van der Waals surface area contributed by atoms with Gasteiger partial charge in [-0.15, -0.1) is 0 Å². The van der Waals surface area contributed by atoms with Crippen LogP contribution in [0, 0.1) is 6.92 Å². The highest BCUT2D eigenvalue weighted by Gasteiger charge is 2.45. The SMILES string of the molecule is C=C/N=C(\N)N1C(=O)C(C)(C)c2ccc(-c3cnc(C)nc3)cc21. The minimum atomic E-state index is -0.668. The van der Waals surface area contributed by atoms with Gasteiger partial charge in [0.15, 0.2) is 0 Å². The Morgan fingerprint density at radius 2 is 1.96 bits per heavy atom. The summed E-state index contributed by atoms with van der Waals surface area (Å²) in [6.45, 7) is 9.13. The summed E-state index contributed by atoms with van der Waals surface area (Å²) in [5.74, 6) is 0.706. The van der Waals surface area contributed by atoms with Crippen molar-refractivity contribution in [2.24, 2.45) is 10.7 Å². The van der Waals surface area contributed by atoms with Crippen LogP contribution < -0.4 is 10.6 Å². The van der Waals surface area contributed by atoms with Gasteiger partial charge >= 0.3 is 0 Å². The van der Waals surface area contributed by atoms with E-state index >= 15 is 0 Å². The van der Waals surface area contributed by atoms with Crippen LogP contribution in [0.15, 0.2) is 48.4 Å². The number of rotatable bonds is 2. The number of aryl methyl sites for hydroxylation is 1. The average molecular weight is 321 g/mol. The van der Waals surface area contributed by atoms with Gasteiger partial charge in [0.05, 0.1) is 11.1 Å². The lowest BCUT2D eigenvalue weighted by molar-refractivity contribution is -0.121. The number of benzene rings is 1. The van der Waals surface area contributed by atoms with E-state index in [0.29, 0.717) is 5.82 Å². The van der Waals surface area contributed by atoms with Gasteiger partial charge in [-0.3, -0.25) is 4.79 Å². The molecule has 1 aromatic heterocycles. The molecule has 0 saturated carbocycles. The van der Waals surface area contributed by atoms with Crippen LogP contribution in [-0.4, -0.2) is 21.8 Å². The van der Waals surface area contributed by atoms with Gasteiger partial charge < -0.3 is 5.73 Å². The second kappa shape index (κ2) is 5.56. The molecule has 1 aliphatic heterocycles. The lowest BCUT2D eigenvalue weighted by atomic mass is 9.85. The molecule has 0 saturated heterocycles. The number of nitrogens with two attached hydrogens (primary N) is 1. The van der Waals surface area contributed by atoms with Crippen LogP contribution in [0.3, 0.4) is 0 Å². The molecule has 3 rings (SSSR count). The first kappa shape index (κ1) is 15.9. The zero-order valence-electron chi connectivity index (χ0n) is 13.9. The third-order valence-electron chi connectivity index (χ3n) is 4.22. The highest BCUT2D eigenvalue weighted by molar-refractivity contribution is 6.23. The summed E-state index contributed by atoms with van der Waals surface area (Å²) in [5, 5.41) is 0. The van der Waals surface area contributed by atoms with Gasteiger partial charge in [-0.1, -0.05) is 18.7 Å².